The molecule has 0 saturated carbocycles. The molecule has 0 spiro atoms. The van der Waals surface area contributed by atoms with Gasteiger partial charge in [-0.15, -0.1) is 0 Å². The van der Waals surface area contributed by atoms with Crippen LogP contribution in [0.3, 0.4) is 0 Å². The van der Waals surface area contributed by atoms with Crippen LogP contribution in [-0.4, -0.2) is 23.5 Å². The standard InChI is InChI=1S/C14H16N4O/c15-10-8-17-11-5-2-1-4-9(11)13(10)18-12-6-3-7-16-14(12)19/h1-2,4-5,8,12H,3,6-7,15H2,(H,16,19)(H,17,18). The number of aromatic nitrogens is 1. The van der Waals surface area contributed by atoms with Crippen LogP contribution in [0.2, 0.25) is 0 Å². The first-order chi connectivity index (χ1) is 9.25. The third-order valence-electron chi connectivity index (χ3n) is 3.41. The molecule has 2 heterocycles. The molecule has 19 heavy (non-hydrogen) atoms. The number of carbonyl (C=O) groups excluding carboxylic acids is 1. The molecule has 0 radical (unpaired) electrons. The van der Waals surface area contributed by atoms with Crippen molar-refractivity contribution in [1.29, 1.82) is 0 Å². The summed E-state index contributed by atoms with van der Waals surface area (Å²) in [6.45, 7) is 0.754. The molecule has 1 fully saturated rings. The summed E-state index contributed by atoms with van der Waals surface area (Å²) < 4.78 is 0. The fourth-order valence-corrected chi connectivity index (χ4v) is 2.40. The number of nitrogens with zero attached hydrogens (tertiary/aromatic N) is 1. The van der Waals surface area contributed by atoms with Crippen molar-refractivity contribution in [3.63, 3.8) is 0 Å². The van der Waals surface area contributed by atoms with Gasteiger partial charge in [-0.05, 0) is 18.9 Å². The molecule has 1 unspecified atom stereocenters. The first-order valence-electron chi connectivity index (χ1n) is 6.43. The van der Waals surface area contributed by atoms with Gasteiger partial charge < -0.3 is 16.4 Å². The first-order valence-corrected chi connectivity index (χ1v) is 6.43. The largest absolute Gasteiger partial charge is 0.396 e. The van der Waals surface area contributed by atoms with Crippen LogP contribution < -0.4 is 16.4 Å². The molecule has 1 saturated heterocycles. The van der Waals surface area contributed by atoms with Crippen LogP contribution in [0.1, 0.15) is 12.8 Å². The van der Waals surface area contributed by atoms with Crippen LogP contribution in [0.4, 0.5) is 11.4 Å². The summed E-state index contributed by atoms with van der Waals surface area (Å²) in [6.07, 6.45) is 3.43. The van der Waals surface area contributed by atoms with E-state index in [1.165, 1.54) is 0 Å². The Morgan fingerprint density at radius 2 is 2.21 bits per heavy atom. The van der Waals surface area contributed by atoms with Gasteiger partial charge in [-0.2, -0.15) is 0 Å². The van der Waals surface area contributed by atoms with Crippen molar-refractivity contribution in [2.24, 2.45) is 0 Å². The topological polar surface area (TPSA) is 80.0 Å². The minimum absolute atomic E-state index is 0.0338. The van der Waals surface area contributed by atoms with Gasteiger partial charge in [-0.25, -0.2) is 0 Å². The molecule has 2 aromatic rings. The van der Waals surface area contributed by atoms with E-state index in [4.69, 9.17) is 5.73 Å². The Morgan fingerprint density at radius 3 is 3.05 bits per heavy atom. The van der Waals surface area contributed by atoms with Crippen molar-refractivity contribution < 1.29 is 4.79 Å². The number of rotatable bonds is 2. The molecule has 1 atom stereocenters. The van der Waals surface area contributed by atoms with E-state index in [0.717, 1.165) is 36.0 Å². The lowest BCUT2D eigenvalue weighted by molar-refractivity contribution is -0.123. The number of carbonyl (C=O) groups is 1. The Bertz CT molecular complexity index is 626. The molecule has 5 nitrogen and oxygen atoms in total. The highest BCUT2D eigenvalue weighted by molar-refractivity contribution is 5.99. The van der Waals surface area contributed by atoms with Gasteiger partial charge in [-0.3, -0.25) is 9.78 Å². The summed E-state index contributed by atoms with van der Waals surface area (Å²) >= 11 is 0. The predicted molar refractivity (Wildman–Crippen MR) is 75.8 cm³/mol. The van der Waals surface area contributed by atoms with Crippen molar-refractivity contribution >= 4 is 28.2 Å². The second-order valence-corrected chi connectivity index (χ2v) is 4.74. The van der Waals surface area contributed by atoms with E-state index in [0.29, 0.717) is 5.69 Å². The van der Waals surface area contributed by atoms with E-state index >= 15 is 0 Å². The maximum absolute atomic E-state index is 11.8. The number of piperidine rings is 1. The number of para-hydroxylation sites is 1. The molecule has 0 bridgehead atoms. The number of amides is 1. The summed E-state index contributed by atoms with van der Waals surface area (Å²) in [4.78, 5) is 16.1. The van der Waals surface area contributed by atoms with Crippen LogP contribution in [-0.2, 0) is 4.79 Å². The number of nitrogens with two attached hydrogens (primary N) is 1. The minimum Gasteiger partial charge on any atom is -0.396 e. The zero-order valence-corrected chi connectivity index (χ0v) is 10.5. The molecule has 1 aromatic heterocycles. The van der Waals surface area contributed by atoms with Gasteiger partial charge in [0, 0.05) is 11.9 Å². The maximum atomic E-state index is 11.8. The average molecular weight is 256 g/mol. The van der Waals surface area contributed by atoms with Crippen molar-refractivity contribution in [2.45, 2.75) is 18.9 Å². The molecular formula is C14H16N4O. The lowest BCUT2D eigenvalue weighted by Crippen LogP contribution is -2.44. The van der Waals surface area contributed by atoms with E-state index in [-0.39, 0.29) is 11.9 Å². The molecule has 1 aromatic carbocycles. The number of hydrogen-bond acceptors (Lipinski definition) is 4. The van der Waals surface area contributed by atoms with Crippen molar-refractivity contribution in [3.05, 3.63) is 30.5 Å². The van der Waals surface area contributed by atoms with E-state index in [2.05, 4.69) is 15.6 Å². The highest BCUT2D eigenvalue weighted by Gasteiger charge is 2.23. The number of nitrogens with one attached hydrogen (secondary N) is 2. The number of anilines is 2. The predicted octanol–water partition coefficient (Wildman–Crippen LogP) is 1.51. The van der Waals surface area contributed by atoms with E-state index in [1.54, 1.807) is 6.20 Å². The Labute approximate surface area is 111 Å². The molecule has 3 rings (SSSR count). The summed E-state index contributed by atoms with van der Waals surface area (Å²) in [5.41, 5.74) is 8.23. The minimum atomic E-state index is -0.221. The van der Waals surface area contributed by atoms with E-state index in [1.807, 2.05) is 24.3 Å². The van der Waals surface area contributed by atoms with Gasteiger partial charge >= 0.3 is 0 Å². The first kappa shape index (κ1) is 11.8. The summed E-state index contributed by atoms with van der Waals surface area (Å²) in [6, 6.07) is 7.54. The molecule has 5 heteroatoms. The van der Waals surface area contributed by atoms with Crippen LogP contribution >= 0.6 is 0 Å². The Kier molecular flexibility index (Phi) is 2.95. The zero-order chi connectivity index (χ0) is 13.2. The lowest BCUT2D eigenvalue weighted by Gasteiger charge is -2.25. The van der Waals surface area contributed by atoms with Crippen molar-refractivity contribution in [1.82, 2.24) is 10.3 Å². The molecular weight excluding hydrogens is 240 g/mol. The Hall–Kier alpha value is -2.30. The second kappa shape index (κ2) is 4.76. The maximum Gasteiger partial charge on any atom is 0.242 e. The highest BCUT2D eigenvalue weighted by Crippen LogP contribution is 2.28. The van der Waals surface area contributed by atoms with Gasteiger partial charge in [0.2, 0.25) is 5.91 Å². The third-order valence-corrected chi connectivity index (χ3v) is 3.41. The molecule has 1 aliphatic heterocycles. The van der Waals surface area contributed by atoms with Gasteiger partial charge in [-0.1, -0.05) is 18.2 Å². The normalized spacial score (nSPS) is 19.2. The summed E-state index contributed by atoms with van der Waals surface area (Å²) in [7, 11) is 0. The average Bonchev–Trinajstić information content (AvgIpc) is 2.44. The SMILES string of the molecule is Nc1cnc2ccccc2c1NC1CCCNC1=O. The number of benzene rings is 1. The highest BCUT2D eigenvalue weighted by atomic mass is 16.2. The molecule has 1 aliphatic rings. The van der Waals surface area contributed by atoms with Crippen LogP contribution in [0.15, 0.2) is 30.5 Å². The van der Waals surface area contributed by atoms with Gasteiger partial charge in [0.15, 0.2) is 0 Å². The van der Waals surface area contributed by atoms with Crippen LogP contribution in [0.25, 0.3) is 10.9 Å². The smallest absolute Gasteiger partial charge is 0.242 e. The summed E-state index contributed by atoms with van der Waals surface area (Å²) in [5.74, 6) is 0.0338. The number of hydrogen-bond donors (Lipinski definition) is 3. The second-order valence-electron chi connectivity index (χ2n) is 4.74. The fraction of sp³-hybridized carbons (Fsp3) is 0.286. The number of fused-ring (bicyclic) bond motifs is 1. The Morgan fingerprint density at radius 1 is 1.37 bits per heavy atom. The monoisotopic (exact) mass is 256 g/mol. The summed E-state index contributed by atoms with van der Waals surface area (Å²) in [5, 5.41) is 7.07. The van der Waals surface area contributed by atoms with Crippen LogP contribution in [0, 0.1) is 0 Å². The fourth-order valence-electron chi connectivity index (χ4n) is 2.40. The molecule has 0 aliphatic carbocycles. The zero-order valence-electron chi connectivity index (χ0n) is 10.5. The molecule has 1 amide bonds. The molecule has 4 N–H and O–H groups in total. The van der Waals surface area contributed by atoms with Gasteiger partial charge in [0.25, 0.3) is 0 Å². The van der Waals surface area contributed by atoms with Crippen LogP contribution in [0.5, 0.6) is 0 Å². The number of nitrogen functional groups attached to an aromatic ring is 1. The van der Waals surface area contributed by atoms with Gasteiger partial charge in [0.05, 0.1) is 23.1 Å². The lowest BCUT2D eigenvalue weighted by atomic mass is 10.1. The van der Waals surface area contributed by atoms with E-state index in [9.17, 15) is 4.79 Å². The Balaban J connectivity index is 1.99. The quantitative estimate of drug-likeness (QED) is 0.761. The molecule has 98 valence electrons. The third kappa shape index (κ3) is 2.19. The van der Waals surface area contributed by atoms with Gasteiger partial charge in [0.1, 0.15) is 6.04 Å². The number of pyridine rings is 1. The van der Waals surface area contributed by atoms with E-state index < -0.39 is 0 Å². The van der Waals surface area contributed by atoms with Crippen molar-refractivity contribution in [2.75, 3.05) is 17.6 Å². The van der Waals surface area contributed by atoms with Crippen molar-refractivity contribution in [3.8, 4) is 0 Å².